The van der Waals surface area contributed by atoms with Crippen LogP contribution in [0.2, 0.25) is 0 Å². The van der Waals surface area contributed by atoms with Crippen molar-refractivity contribution in [3.05, 3.63) is 65.4 Å². The summed E-state index contributed by atoms with van der Waals surface area (Å²) in [6.45, 7) is 0. The Labute approximate surface area is 164 Å². The lowest BCUT2D eigenvalue weighted by atomic mass is 9.98. The number of rotatable bonds is 3. The maximum absolute atomic E-state index is 12.7. The monoisotopic (exact) mass is 433 g/mol. The van der Waals surface area contributed by atoms with Crippen LogP contribution in [-0.4, -0.2) is 42.5 Å². The Morgan fingerprint density at radius 3 is 1.90 bits per heavy atom. The van der Waals surface area contributed by atoms with Crippen molar-refractivity contribution in [3.63, 3.8) is 0 Å². The standard InChI is InChI=1S/C18H11NO8S2/c20-17-10-3-1-2-4-11(10)18(21)16(17)14-8-15(29(25,26)27)12-6-5-9(28(22,23)24)7-13(12)19-14/h1-8,16H,(H,22,23,24)(H,25,26,27). The number of fused-ring (bicyclic) bond motifs is 2. The van der Waals surface area contributed by atoms with E-state index in [-0.39, 0.29) is 27.7 Å². The molecule has 0 aliphatic heterocycles. The molecule has 1 aromatic heterocycles. The van der Waals surface area contributed by atoms with Crippen LogP contribution < -0.4 is 0 Å². The fourth-order valence-electron chi connectivity index (χ4n) is 3.33. The van der Waals surface area contributed by atoms with Gasteiger partial charge in [-0.05, 0) is 18.2 Å². The van der Waals surface area contributed by atoms with E-state index in [9.17, 15) is 35.5 Å². The SMILES string of the molecule is O=C1c2ccccc2C(=O)C1c1cc(S(=O)(=O)O)c2ccc(S(=O)(=O)O)cc2n1. The Morgan fingerprint density at radius 2 is 1.38 bits per heavy atom. The third kappa shape index (κ3) is 3.13. The smallest absolute Gasteiger partial charge is 0.293 e. The number of benzene rings is 2. The molecule has 1 aliphatic rings. The molecule has 1 aliphatic carbocycles. The molecule has 1 heterocycles. The van der Waals surface area contributed by atoms with Crippen LogP contribution in [0.3, 0.4) is 0 Å². The number of Topliss-reactive ketones (excluding diaryl/α,β-unsaturated/α-hetero) is 2. The van der Waals surface area contributed by atoms with E-state index in [0.29, 0.717) is 0 Å². The molecule has 0 radical (unpaired) electrons. The second-order valence-corrected chi connectivity index (χ2v) is 9.19. The lowest BCUT2D eigenvalue weighted by Crippen LogP contribution is -2.16. The molecule has 148 valence electrons. The molecular formula is C18H11NO8S2. The van der Waals surface area contributed by atoms with E-state index in [1.165, 1.54) is 12.1 Å². The molecule has 29 heavy (non-hydrogen) atoms. The highest BCUT2D eigenvalue weighted by molar-refractivity contribution is 7.86. The summed E-state index contributed by atoms with van der Waals surface area (Å²) in [4.78, 5) is 28.3. The first-order valence-electron chi connectivity index (χ1n) is 8.05. The molecule has 2 N–H and O–H groups in total. The van der Waals surface area contributed by atoms with E-state index < -0.39 is 47.5 Å². The van der Waals surface area contributed by atoms with Crippen molar-refractivity contribution in [3.8, 4) is 0 Å². The number of hydrogen-bond donors (Lipinski definition) is 2. The zero-order valence-corrected chi connectivity index (χ0v) is 15.9. The molecule has 0 fully saturated rings. The van der Waals surface area contributed by atoms with Crippen molar-refractivity contribution in [1.82, 2.24) is 4.98 Å². The molecular weight excluding hydrogens is 422 g/mol. The van der Waals surface area contributed by atoms with E-state index in [0.717, 1.165) is 24.3 Å². The van der Waals surface area contributed by atoms with Gasteiger partial charge in [-0.3, -0.25) is 23.7 Å². The molecule has 9 nitrogen and oxygen atoms in total. The number of aromatic nitrogens is 1. The first kappa shape index (κ1) is 19.3. The summed E-state index contributed by atoms with van der Waals surface area (Å²) >= 11 is 0. The van der Waals surface area contributed by atoms with Crippen LogP contribution in [0.5, 0.6) is 0 Å². The highest BCUT2D eigenvalue weighted by Crippen LogP contribution is 2.35. The minimum atomic E-state index is -4.81. The average molecular weight is 433 g/mol. The first-order chi connectivity index (χ1) is 13.5. The third-order valence-corrected chi connectivity index (χ3v) is 6.36. The summed E-state index contributed by atoms with van der Waals surface area (Å²) in [6.07, 6.45) is 0. The topological polar surface area (TPSA) is 156 Å². The van der Waals surface area contributed by atoms with Gasteiger partial charge in [0.2, 0.25) is 0 Å². The molecule has 0 atom stereocenters. The molecule has 0 unspecified atom stereocenters. The Kier molecular flexibility index (Phi) is 4.17. The van der Waals surface area contributed by atoms with Crippen LogP contribution in [0.15, 0.2) is 58.3 Å². The number of nitrogens with zero attached hydrogens (tertiary/aromatic N) is 1. The molecule has 3 aromatic rings. The summed E-state index contributed by atoms with van der Waals surface area (Å²) in [7, 11) is -9.43. The van der Waals surface area contributed by atoms with Crippen molar-refractivity contribution in [2.24, 2.45) is 0 Å². The number of carbonyl (C=O) groups is 2. The molecule has 0 saturated heterocycles. The molecule has 0 saturated carbocycles. The Balaban J connectivity index is 2.01. The summed E-state index contributed by atoms with van der Waals surface area (Å²) in [6, 6.07) is 9.84. The largest absolute Gasteiger partial charge is 0.295 e. The highest BCUT2D eigenvalue weighted by atomic mass is 32.2. The van der Waals surface area contributed by atoms with E-state index in [4.69, 9.17) is 0 Å². The first-order valence-corrected chi connectivity index (χ1v) is 10.9. The lowest BCUT2D eigenvalue weighted by molar-refractivity contribution is 0.0888. The van der Waals surface area contributed by atoms with Crippen LogP contribution in [0.1, 0.15) is 32.3 Å². The fourth-order valence-corrected chi connectivity index (χ4v) is 4.55. The summed E-state index contributed by atoms with van der Waals surface area (Å²) in [5, 5.41) is -0.140. The van der Waals surface area contributed by atoms with E-state index >= 15 is 0 Å². The molecule has 11 heteroatoms. The zero-order chi connectivity index (χ0) is 21.1. The van der Waals surface area contributed by atoms with E-state index in [1.54, 1.807) is 12.1 Å². The minimum absolute atomic E-state index is 0.140. The summed E-state index contributed by atoms with van der Waals surface area (Å²) in [5.74, 6) is -2.62. The number of carbonyl (C=O) groups excluding carboxylic acids is 2. The number of hydrogen-bond acceptors (Lipinski definition) is 7. The van der Waals surface area contributed by atoms with Gasteiger partial charge in [0, 0.05) is 16.5 Å². The van der Waals surface area contributed by atoms with E-state index in [2.05, 4.69) is 4.98 Å². The van der Waals surface area contributed by atoms with E-state index in [1.807, 2.05) is 0 Å². The third-order valence-electron chi connectivity index (χ3n) is 4.62. The Morgan fingerprint density at radius 1 is 0.793 bits per heavy atom. The van der Waals surface area contributed by atoms with Gasteiger partial charge in [-0.25, -0.2) is 0 Å². The lowest BCUT2D eigenvalue weighted by Gasteiger charge is -2.11. The average Bonchev–Trinajstić information content (AvgIpc) is 2.90. The normalized spacial score (nSPS) is 15.1. The summed E-state index contributed by atoms with van der Waals surface area (Å²) in [5.41, 5.74) is -0.181. The molecule has 0 amide bonds. The molecule has 2 aromatic carbocycles. The maximum Gasteiger partial charge on any atom is 0.295 e. The Bertz CT molecular complexity index is 1410. The van der Waals surface area contributed by atoms with Crippen molar-refractivity contribution in [2.75, 3.05) is 0 Å². The van der Waals surface area contributed by atoms with Crippen LogP contribution in [0.4, 0.5) is 0 Å². The summed E-state index contributed by atoms with van der Waals surface area (Å²) < 4.78 is 65.4. The fraction of sp³-hybridized carbons (Fsp3) is 0.0556. The molecule has 0 bridgehead atoms. The number of pyridine rings is 1. The van der Waals surface area contributed by atoms with Crippen LogP contribution >= 0.6 is 0 Å². The van der Waals surface area contributed by atoms with Gasteiger partial charge in [0.1, 0.15) is 10.8 Å². The highest BCUT2D eigenvalue weighted by Gasteiger charge is 2.41. The van der Waals surface area contributed by atoms with Gasteiger partial charge >= 0.3 is 0 Å². The van der Waals surface area contributed by atoms with Gasteiger partial charge < -0.3 is 0 Å². The van der Waals surface area contributed by atoms with Crippen molar-refractivity contribution >= 4 is 42.7 Å². The second kappa shape index (κ2) is 6.26. The van der Waals surface area contributed by atoms with Gasteiger partial charge in [-0.2, -0.15) is 16.8 Å². The van der Waals surface area contributed by atoms with Crippen LogP contribution in [0.25, 0.3) is 10.9 Å². The minimum Gasteiger partial charge on any atom is -0.293 e. The predicted molar refractivity (Wildman–Crippen MR) is 99.2 cm³/mol. The van der Waals surface area contributed by atoms with Gasteiger partial charge in [-0.15, -0.1) is 0 Å². The van der Waals surface area contributed by atoms with Gasteiger partial charge in [0.15, 0.2) is 11.6 Å². The predicted octanol–water partition coefficient (Wildman–Crippen LogP) is 1.89. The Hall–Kier alpha value is -2.99. The quantitative estimate of drug-likeness (QED) is 0.465. The van der Waals surface area contributed by atoms with Crippen LogP contribution in [-0.2, 0) is 20.2 Å². The van der Waals surface area contributed by atoms with Gasteiger partial charge in [0.25, 0.3) is 20.2 Å². The van der Waals surface area contributed by atoms with Crippen LogP contribution in [0, 0.1) is 0 Å². The van der Waals surface area contributed by atoms with Gasteiger partial charge in [0.05, 0.1) is 16.1 Å². The van der Waals surface area contributed by atoms with Crippen molar-refractivity contribution in [2.45, 2.75) is 15.7 Å². The zero-order valence-electron chi connectivity index (χ0n) is 14.3. The maximum atomic E-state index is 12.7. The number of ketones is 2. The molecule has 0 spiro atoms. The van der Waals surface area contributed by atoms with Gasteiger partial charge in [-0.1, -0.05) is 30.3 Å². The second-order valence-electron chi connectivity index (χ2n) is 6.38. The van der Waals surface area contributed by atoms with Crippen molar-refractivity contribution < 1.29 is 35.5 Å². The molecule has 4 rings (SSSR count). The van der Waals surface area contributed by atoms with Crippen molar-refractivity contribution in [1.29, 1.82) is 0 Å².